The van der Waals surface area contributed by atoms with Crippen molar-refractivity contribution in [1.82, 2.24) is 4.57 Å². The molecule has 0 bridgehead atoms. The van der Waals surface area contributed by atoms with E-state index in [4.69, 9.17) is 5.73 Å². The zero-order valence-electron chi connectivity index (χ0n) is 7.00. The number of nitrogens with two attached hydrogens (primary N) is 1. The van der Waals surface area contributed by atoms with Crippen molar-refractivity contribution in [2.75, 3.05) is 0 Å². The molecule has 0 aliphatic carbocycles. The topological polar surface area (TPSA) is 65.1 Å². The van der Waals surface area contributed by atoms with Crippen LogP contribution < -0.4 is 11.3 Å². The summed E-state index contributed by atoms with van der Waals surface area (Å²) >= 11 is 0. The van der Waals surface area contributed by atoms with Gasteiger partial charge in [-0.05, 0) is 13.0 Å². The molecule has 1 aromatic rings. The van der Waals surface area contributed by atoms with Gasteiger partial charge in [-0.15, -0.1) is 0 Å². The van der Waals surface area contributed by atoms with Crippen LogP contribution >= 0.6 is 0 Å². The van der Waals surface area contributed by atoms with Crippen molar-refractivity contribution in [2.24, 2.45) is 12.8 Å². The molecule has 0 aromatic carbocycles. The Balaban J connectivity index is 3.47. The zero-order chi connectivity index (χ0) is 9.30. The SMILES string of the molecule is Cc1ccc(C(N)=O)n(C)c1=O. The van der Waals surface area contributed by atoms with E-state index in [0.717, 1.165) is 0 Å². The van der Waals surface area contributed by atoms with E-state index in [1.807, 2.05) is 0 Å². The lowest BCUT2D eigenvalue weighted by atomic mass is 10.2. The summed E-state index contributed by atoms with van der Waals surface area (Å²) in [6.45, 7) is 1.69. The largest absolute Gasteiger partial charge is 0.364 e. The maximum Gasteiger partial charge on any atom is 0.265 e. The first-order valence-electron chi connectivity index (χ1n) is 3.50. The highest BCUT2D eigenvalue weighted by Gasteiger charge is 2.06. The number of nitrogens with zero attached hydrogens (tertiary/aromatic N) is 1. The zero-order valence-corrected chi connectivity index (χ0v) is 7.00. The fourth-order valence-corrected chi connectivity index (χ4v) is 1.01. The van der Waals surface area contributed by atoms with Gasteiger partial charge >= 0.3 is 0 Å². The van der Waals surface area contributed by atoms with Gasteiger partial charge in [0, 0.05) is 12.6 Å². The summed E-state index contributed by atoms with van der Waals surface area (Å²) in [6, 6.07) is 3.13. The van der Waals surface area contributed by atoms with Crippen molar-refractivity contribution < 1.29 is 4.79 Å². The molecule has 0 aliphatic heterocycles. The number of rotatable bonds is 1. The van der Waals surface area contributed by atoms with Crippen LogP contribution in [0.1, 0.15) is 16.1 Å². The summed E-state index contributed by atoms with van der Waals surface area (Å²) < 4.78 is 1.25. The molecule has 0 saturated heterocycles. The standard InChI is InChI=1S/C8H10N2O2/c1-5-3-4-6(7(9)11)10(2)8(5)12/h3-4H,1-2H3,(H2,9,11). The van der Waals surface area contributed by atoms with Crippen LogP contribution in [0.15, 0.2) is 16.9 Å². The van der Waals surface area contributed by atoms with E-state index in [-0.39, 0.29) is 11.3 Å². The highest BCUT2D eigenvalue weighted by molar-refractivity contribution is 5.90. The highest BCUT2D eigenvalue weighted by atomic mass is 16.2. The number of pyridine rings is 1. The second kappa shape index (κ2) is 2.81. The van der Waals surface area contributed by atoms with Crippen LogP contribution in [-0.2, 0) is 7.05 Å². The Labute approximate surface area is 69.6 Å². The lowest BCUT2D eigenvalue weighted by Crippen LogP contribution is -2.27. The molecule has 0 atom stereocenters. The number of carbonyl (C=O) groups is 1. The van der Waals surface area contributed by atoms with Crippen molar-refractivity contribution in [3.8, 4) is 0 Å². The molecule has 0 aliphatic rings. The number of aromatic nitrogens is 1. The number of amides is 1. The van der Waals surface area contributed by atoms with E-state index in [1.54, 1.807) is 19.1 Å². The van der Waals surface area contributed by atoms with Crippen molar-refractivity contribution in [3.05, 3.63) is 33.7 Å². The van der Waals surface area contributed by atoms with E-state index < -0.39 is 5.91 Å². The highest BCUT2D eigenvalue weighted by Crippen LogP contribution is 1.95. The number of hydrogen-bond acceptors (Lipinski definition) is 2. The van der Waals surface area contributed by atoms with Gasteiger partial charge in [0.25, 0.3) is 11.5 Å². The fourth-order valence-electron chi connectivity index (χ4n) is 1.01. The van der Waals surface area contributed by atoms with Gasteiger partial charge in [-0.25, -0.2) is 0 Å². The number of carbonyl (C=O) groups excluding carboxylic acids is 1. The first-order valence-corrected chi connectivity index (χ1v) is 3.50. The van der Waals surface area contributed by atoms with Gasteiger partial charge in [0.2, 0.25) is 0 Å². The van der Waals surface area contributed by atoms with Crippen LogP contribution in [0.2, 0.25) is 0 Å². The maximum absolute atomic E-state index is 11.2. The van der Waals surface area contributed by atoms with Crippen LogP contribution in [0, 0.1) is 6.92 Å². The average molecular weight is 166 g/mol. The van der Waals surface area contributed by atoms with Crippen molar-refractivity contribution in [1.29, 1.82) is 0 Å². The van der Waals surface area contributed by atoms with Gasteiger partial charge in [-0.3, -0.25) is 9.59 Å². The van der Waals surface area contributed by atoms with Gasteiger partial charge in [0.1, 0.15) is 5.69 Å². The molecule has 1 amide bonds. The lowest BCUT2D eigenvalue weighted by molar-refractivity contribution is 0.0991. The summed E-state index contributed by atoms with van der Waals surface area (Å²) in [5.41, 5.74) is 5.67. The summed E-state index contributed by atoms with van der Waals surface area (Å²) in [4.78, 5) is 22.0. The minimum absolute atomic E-state index is 0.189. The minimum atomic E-state index is -0.588. The molecule has 2 N–H and O–H groups in total. The summed E-state index contributed by atoms with van der Waals surface area (Å²) in [5, 5.41) is 0. The molecular weight excluding hydrogens is 156 g/mol. The van der Waals surface area contributed by atoms with Crippen molar-refractivity contribution in [3.63, 3.8) is 0 Å². The average Bonchev–Trinajstić information content (AvgIpc) is 2.00. The van der Waals surface area contributed by atoms with E-state index >= 15 is 0 Å². The van der Waals surface area contributed by atoms with Crippen molar-refractivity contribution in [2.45, 2.75) is 6.92 Å². The molecule has 64 valence electrons. The first kappa shape index (κ1) is 8.52. The molecular formula is C8H10N2O2. The molecule has 0 radical (unpaired) electrons. The molecule has 4 heteroatoms. The van der Waals surface area contributed by atoms with Crippen LogP contribution in [0.4, 0.5) is 0 Å². The van der Waals surface area contributed by atoms with E-state index in [2.05, 4.69) is 0 Å². The number of hydrogen-bond donors (Lipinski definition) is 1. The Kier molecular flexibility index (Phi) is 1.99. The van der Waals surface area contributed by atoms with Gasteiger partial charge < -0.3 is 10.3 Å². The van der Waals surface area contributed by atoms with Gasteiger partial charge in [-0.2, -0.15) is 0 Å². The Morgan fingerprint density at radius 1 is 1.50 bits per heavy atom. The van der Waals surface area contributed by atoms with E-state index in [9.17, 15) is 9.59 Å². The number of aryl methyl sites for hydroxylation is 1. The molecule has 0 unspecified atom stereocenters. The van der Waals surface area contributed by atoms with Crippen LogP contribution in [0.3, 0.4) is 0 Å². The second-order valence-corrected chi connectivity index (χ2v) is 2.63. The molecule has 0 saturated carbocycles. The normalized spacial score (nSPS) is 9.83. The Hall–Kier alpha value is -1.58. The van der Waals surface area contributed by atoms with Gasteiger partial charge in [0.15, 0.2) is 0 Å². The Morgan fingerprint density at radius 3 is 2.58 bits per heavy atom. The second-order valence-electron chi connectivity index (χ2n) is 2.63. The Bertz CT molecular complexity index is 379. The van der Waals surface area contributed by atoms with E-state index in [1.165, 1.54) is 11.6 Å². The van der Waals surface area contributed by atoms with Gasteiger partial charge in [0.05, 0.1) is 0 Å². The quantitative estimate of drug-likeness (QED) is 0.627. The molecule has 1 aromatic heterocycles. The molecule has 12 heavy (non-hydrogen) atoms. The smallest absolute Gasteiger partial charge is 0.265 e. The predicted octanol–water partition coefficient (Wildman–Crippen LogP) is -0.207. The van der Waals surface area contributed by atoms with Crippen LogP contribution in [0.5, 0.6) is 0 Å². The third kappa shape index (κ3) is 1.23. The summed E-state index contributed by atoms with van der Waals surface area (Å²) in [7, 11) is 1.52. The van der Waals surface area contributed by atoms with Crippen LogP contribution in [-0.4, -0.2) is 10.5 Å². The molecule has 1 rings (SSSR count). The summed E-state index contributed by atoms with van der Waals surface area (Å²) in [6.07, 6.45) is 0. The lowest BCUT2D eigenvalue weighted by Gasteiger charge is -2.03. The van der Waals surface area contributed by atoms with Gasteiger partial charge in [-0.1, -0.05) is 6.07 Å². The van der Waals surface area contributed by atoms with E-state index in [0.29, 0.717) is 5.56 Å². The molecule has 0 spiro atoms. The summed E-state index contributed by atoms with van der Waals surface area (Å²) in [5.74, 6) is -0.588. The Morgan fingerprint density at radius 2 is 2.08 bits per heavy atom. The maximum atomic E-state index is 11.2. The first-order chi connectivity index (χ1) is 5.54. The molecule has 0 fully saturated rings. The van der Waals surface area contributed by atoms with Crippen molar-refractivity contribution >= 4 is 5.91 Å². The minimum Gasteiger partial charge on any atom is -0.364 e. The monoisotopic (exact) mass is 166 g/mol. The third-order valence-electron chi connectivity index (χ3n) is 1.75. The molecule has 4 nitrogen and oxygen atoms in total. The predicted molar refractivity (Wildman–Crippen MR) is 44.9 cm³/mol. The third-order valence-corrected chi connectivity index (χ3v) is 1.75. The number of primary amides is 1. The fraction of sp³-hybridized carbons (Fsp3) is 0.250. The van der Waals surface area contributed by atoms with Crippen LogP contribution in [0.25, 0.3) is 0 Å². The molecule has 1 heterocycles.